The molecule has 5 nitrogen and oxygen atoms in total. The van der Waals surface area contributed by atoms with Crippen LogP contribution in [0.15, 0.2) is 49.2 Å². The van der Waals surface area contributed by atoms with Crippen molar-refractivity contribution >= 4 is 23.3 Å². The fraction of sp³-hybridized carbons (Fsp3) is 0.250. The van der Waals surface area contributed by atoms with E-state index in [1.165, 1.54) is 0 Å². The van der Waals surface area contributed by atoms with E-state index in [1.54, 1.807) is 42.1 Å². The zero-order valence-electron chi connectivity index (χ0n) is 12.3. The van der Waals surface area contributed by atoms with Gasteiger partial charge in [0.15, 0.2) is 0 Å². The summed E-state index contributed by atoms with van der Waals surface area (Å²) in [5.74, 6) is 0.333. The molecule has 0 radical (unpaired) electrons. The Balaban J connectivity index is 2.06. The van der Waals surface area contributed by atoms with Gasteiger partial charge in [-0.2, -0.15) is 5.10 Å². The lowest BCUT2D eigenvalue weighted by Gasteiger charge is -2.14. The standard InChI is InChI=1S/C16H18ClN3O2/c1-3-4-10-22-12(2)16(21)19-15-8-9-18-20(15)14-7-5-6-13(17)11-14/h3,5-9,11-12H,1,4,10H2,2H3,(H,19,21). The molecule has 0 saturated carbocycles. The van der Waals surface area contributed by atoms with Crippen molar-refractivity contribution in [3.05, 3.63) is 54.2 Å². The molecule has 0 spiro atoms. The number of hydrogen-bond acceptors (Lipinski definition) is 3. The summed E-state index contributed by atoms with van der Waals surface area (Å²) in [6.07, 6.45) is 3.51. The van der Waals surface area contributed by atoms with Crippen molar-refractivity contribution in [3.8, 4) is 5.69 Å². The summed E-state index contributed by atoms with van der Waals surface area (Å²) in [6, 6.07) is 8.95. The van der Waals surface area contributed by atoms with E-state index in [-0.39, 0.29) is 5.91 Å². The van der Waals surface area contributed by atoms with Gasteiger partial charge >= 0.3 is 0 Å². The second kappa shape index (κ2) is 7.77. The van der Waals surface area contributed by atoms with Crippen LogP contribution in [0, 0.1) is 0 Å². The number of nitrogens with zero attached hydrogens (tertiary/aromatic N) is 2. The van der Waals surface area contributed by atoms with Crippen LogP contribution in [-0.4, -0.2) is 28.4 Å². The lowest BCUT2D eigenvalue weighted by Crippen LogP contribution is -2.29. The summed E-state index contributed by atoms with van der Waals surface area (Å²) in [7, 11) is 0. The monoisotopic (exact) mass is 319 g/mol. The number of hydrogen-bond donors (Lipinski definition) is 1. The van der Waals surface area contributed by atoms with Gasteiger partial charge < -0.3 is 10.1 Å². The Morgan fingerprint density at radius 1 is 1.55 bits per heavy atom. The van der Waals surface area contributed by atoms with Crippen molar-refractivity contribution < 1.29 is 9.53 Å². The Morgan fingerprint density at radius 2 is 2.36 bits per heavy atom. The number of amides is 1. The number of nitrogens with one attached hydrogen (secondary N) is 1. The molecule has 1 unspecified atom stereocenters. The molecule has 0 bridgehead atoms. The number of ether oxygens (including phenoxy) is 1. The topological polar surface area (TPSA) is 56.1 Å². The molecule has 0 aliphatic carbocycles. The second-order valence-corrected chi connectivity index (χ2v) is 5.12. The molecule has 22 heavy (non-hydrogen) atoms. The Hall–Kier alpha value is -2.11. The van der Waals surface area contributed by atoms with Crippen LogP contribution >= 0.6 is 11.6 Å². The second-order valence-electron chi connectivity index (χ2n) is 4.69. The number of halogens is 1. The van der Waals surface area contributed by atoms with Gasteiger partial charge in [0.25, 0.3) is 5.91 Å². The third-order valence-corrected chi connectivity index (χ3v) is 3.24. The van der Waals surface area contributed by atoms with Crippen LogP contribution < -0.4 is 5.32 Å². The molecular formula is C16H18ClN3O2. The first-order valence-corrected chi connectivity index (χ1v) is 7.33. The van der Waals surface area contributed by atoms with Gasteiger partial charge in [0.1, 0.15) is 11.9 Å². The van der Waals surface area contributed by atoms with Crippen LogP contribution in [0.5, 0.6) is 0 Å². The van der Waals surface area contributed by atoms with Crippen molar-refractivity contribution in [3.63, 3.8) is 0 Å². The van der Waals surface area contributed by atoms with E-state index in [2.05, 4.69) is 17.0 Å². The highest BCUT2D eigenvalue weighted by molar-refractivity contribution is 6.30. The van der Waals surface area contributed by atoms with Gasteiger partial charge in [0, 0.05) is 11.1 Å². The first-order chi connectivity index (χ1) is 10.6. The third kappa shape index (κ3) is 4.19. The number of benzene rings is 1. The summed E-state index contributed by atoms with van der Waals surface area (Å²) in [6.45, 7) is 5.78. The van der Waals surface area contributed by atoms with Crippen molar-refractivity contribution in [2.45, 2.75) is 19.4 Å². The molecule has 1 amide bonds. The highest BCUT2D eigenvalue weighted by Gasteiger charge is 2.15. The maximum Gasteiger partial charge on any atom is 0.254 e. The highest BCUT2D eigenvalue weighted by Crippen LogP contribution is 2.18. The number of carbonyl (C=O) groups excluding carboxylic acids is 1. The predicted molar refractivity (Wildman–Crippen MR) is 87.4 cm³/mol. The van der Waals surface area contributed by atoms with Crippen molar-refractivity contribution in [1.82, 2.24) is 9.78 Å². The van der Waals surface area contributed by atoms with Crippen LogP contribution in [0.25, 0.3) is 5.69 Å². The Kier molecular flexibility index (Phi) is 5.75. The maximum absolute atomic E-state index is 12.1. The van der Waals surface area contributed by atoms with E-state index in [0.29, 0.717) is 23.9 Å². The number of anilines is 1. The van der Waals surface area contributed by atoms with Crippen LogP contribution in [0.1, 0.15) is 13.3 Å². The molecule has 2 rings (SSSR count). The summed E-state index contributed by atoms with van der Waals surface area (Å²) in [4.78, 5) is 12.1. The van der Waals surface area contributed by atoms with Crippen LogP contribution in [-0.2, 0) is 9.53 Å². The molecule has 1 atom stereocenters. The lowest BCUT2D eigenvalue weighted by atomic mass is 10.3. The highest BCUT2D eigenvalue weighted by atomic mass is 35.5. The number of rotatable bonds is 7. The Morgan fingerprint density at radius 3 is 3.09 bits per heavy atom. The minimum atomic E-state index is -0.553. The SMILES string of the molecule is C=CCCOC(C)C(=O)Nc1ccnn1-c1cccc(Cl)c1. The minimum Gasteiger partial charge on any atom is -0.368 e. The van der Waals surface area contributed by atoms with Gasteiger partial charge in [-0.15, -0.1) is 6.58 Å². The van der Waals surface area contributed by atoms with Gasteiger partial charge in [-0.3, -0.25) is 4.79 Å². The number of aromatic nitrogens is 2. The fourth-order valence-corrected chi connectivity index (χ4v) is 2.03. The van der Waals surface area contributed by atoms with Crippen LogP contribution in [0.4, 0.5) is 5.82 Å². The summed E-state index contributed by atoms with van der Waals surface area (Å²) in [5.41, 5.74) is 0.771. The van der Waals surface area contributed by atoms with E-state index in [4.69, 9.17) is 16.3 Å². The first kappa shape index (κ1) is 16.3. The maximum atomic E-state index is 12.1. The van der Waals surface area contributed by atoms with Gasteiger partial charge in [0.05, 0.1) is 18.5 Å². The Labute approximate surface area is 134 Å². The average molecular weight is 320 g/mol. The molecular weight excluding hydrogens is 302 g/mol. The normalized spacial score (nSPS) is 11.9. The summed E-state index contributed by atoms with van der Waals surface area (Å²) >= 11 is 5.98. The molecule has 0 aliphatic rings. The van der Waals surface area contributed by atoms with E-state index in [1.807, 2.05) is 12.1 Å². The lowest BCUT2D eigenvalue weighted by molar-refractivity contribution is -0.126. The number of carbonyl (C=O) groups is 1. The zero-order valence-corrected chi connectivity index (χ0v) is 13.1. The van der Waals surface area contributed by atoms with Gasteiger partial charge in [0.2, 0.25) is 0 Å². The molecule has 1 heterocycles. The van der Waals surface area contributed by atoms with Gasteiger partial charge in [-0.05, 0) is 31.5 Å². The summed E-state index contributed by atoms with van der Waals surface area (Å²) < 4.78 is 7.03. The molecule has 0 saturated heterocycles. The molecule has 6 heteroatoms. The Bertz CT molecular complexity index is 654. The van der Waals surface area contributed by atoms with Crippen LogP contribution in [0.3, 0.4) is 0 Å². The quantitative estimate of drug-likeness (QED) is 0.628. The predicted octanol–water partition coefficient (Wildman–Crippen LogP) is 3.45. The molecule has 1 aromatic heterocycles. The molecule has 1 N–H and O–H groups in total. The summed E-state index contributed by atoms with van der Waals surface area (Å²) in [5, 5.41) is 7.61. The smallest absolute Gasteiger partial charge is 0.254 e. The van der Waals surface area contributed by atoms with Crippen molar-refractivity contribution in [2.75, 3.05) is 11.9 Å². The van der Waals surface area contributed by atoms with Crippen LogP contribution in [0.2, 0.25) is 5.02 Å². The van der Waals surface area contributed by atoms with Gasteiger partial charge in [-0.25, -0.2) is 4.68 Å². The third-order valence-electron chi connectivity index (χ3n) is 3.01. The fourth-order valence-electron chi connectivity index (χ4n) is 1.84. The van der Waals surface area contributed by atoms with Gasteiger partial charge in [-0.1, -0.05) is 23.7 Å². The van der Waals surface area contributed by atoms with E-state index in [9.17, 15) is 4.79 Å². The van der Waals surface area contributed by atoms with E-state index in [0.717, 1.165) is 5.69 Å². The molecule has 2 aromatic rings. The average Bonchev–Trinajstić information content (AvgIpc) is 2.95. The molecule has 1 aromatic carbocycles. The first-order valence-electron chi connectivity index (χ1n) is 6.95. The van der Waals surface area contributed by atoms with Crippen molar-refractivity contribution in [2.24, 2.45) is 0 Å². The largest absolute Gasteiger partial charge is 0.368 e. The minimum absolute atomic E-state index is 0.229. The van der Waals surface area contributed by atoms with E-state index < -0.39 is 6.10 Å². The van der Waals surface area contributed by atoms with Crippen molar-refractivity contribution in [1.29, 1.82) is 0 Å². The molecule has 0 aliphatic heterocycles. The molecule has 116 valence electrons. The zero-order chi connectivity index (χ0) is 15.9. The van der Waals surface area contributed by atoms with E-state index >= 15 is 0 Å². The molecule has 0 fully saturated rings.